The van der Waals surface area contributed by atoms with Gasteiger partial charge in [0.15, 0.2) is 0 Å². The Morgan fingerprint density at radius 2 is 2.00 bits per heavy atom. The fraction of sp³-hybridized carbons (Fsp3) is 0.321. The molecule has 0 spiro atoms. The molecule has 176 valence electrons. The molecule has 4 aliphatic rings. The van der Waals surface area contributed by atoms with E-state index in [1.54, 1.807) is 0 Å². The molecule has 7 nitrogen and oxygen atoms in total. The van der Waals surface area contributed by atoms with Gasteiger partial charge < -0.3 is 25.1 Å². The first-order chi connectivity index (χ1) is 17.2. The smallest absolute Gasteiger partial charge is 0.130 e. The Labute approximate surface area is 204 Å². The van der Waals surface area contributed by atoms with Gasteiger partial charge in [-0.05, 0) is 60.7 Å². The van der Waals surface area contributed by atoms with Gasteiger partial charge in [0.2, 0.25) is 0 Å². The predicted octanol–water partition coefficient (Wildman–Crippen LogP) is 5.13. The number of morpholine rings is 1. The third-order valence-electron chi connectivity index (χ3n) is 7.10. The van der Waals surface area contributed by atoms with E-state index < -0.39 is 0 Å². The largest absolute Gasteiger partial charge is 0.486 e. The molecule has 0 amide bonds. The standard InChI is InChI=1S/C28H27N5O2/c29-14-18-4-7-25-19(10-18)2-1-3-27(25)35-22-6-5-20(15-30)26(13-22)32-21-8-9-31-28(11-21)33-16-23-12-24(17-33)34-23/h4-11,13,15,23-24,27,30H,1-3,12,16-17H2,(H,31,32)/t23?,24?,27-/m1/s1. The van der Waals surface area contributed by atoms with Crippen LogP contribution in [-0.2, 0) is 11.2 Å². The molecule has 2 unspecified atom stereocenters. The van der Waals surface area contributed by atoms with Crippen molar-refractivity contribution in [2.75, 3.05) is 23.3 Å². The highest BCUT2D eigenvalue weighted by molar-refractivity contribution is 5.88. The van der Waals surface area contributed by atoms with Gasteiger partial charge >= 0.3 is 0 Å². The van der Waals surface area contributed by atoms with Gasteiger partial charge in [-0.3, -0.25) is 0 Å². The topological polar surface area (TPSA) is 94.3 Å². The number of ether oxygens (including phenoxy) is 2. The molecule has 2 aromatic carbocycles. The highest BCUT2D eigenvalue weighted by Crippen LogP contribution is 2.36. The Kier molecular flexibility index (Phi) is 5.59. The summed E-state index contributed by atoms with van der Waals surface area (Å²) < 4.78 is 12.2. The number of benzene rings is 2. The van der Waals surface area contributed by atoms with Crippen LogP contribution in [0.25, 0.3) is 0 Å². The molecule has 3 aliphatic heterocycles. The summed E-state index contributed by atoms with van der Waals surface area (Å²) in [7, 11) is 0. The van der Waals surface area contributed by atoms with Crippen molar-refractivity contribution < 1.29 is 9.47 Å². The second-order valence-electron chi connectivity index (χ2n) is 9.47. The van der Waals surface area contributed by atoms with E-state index in [2.05, 4.69) is 27.3 Å². The van der Waals surface area contributed by atoms with E-state index in [1.807, 2.05) is 48.7 Å². The van der Waals surface area contributed by atoms with E-state index in [1.165, 1.54) is 11.8 Å². The molecule has 7 rings (SSSR count). The molecule has 3 saturated heterocycles. The molecule has 3 fully saturated rings. The highest BCUT2D eigenvalue weighted by Gasteiger charge is 2.38. The zero-order valence-corrected chi connectivity index (χ0v) is 19.4. The summed E-state index contributed by atoms with van der Waals surface area (Å²) in [5.74, 6) is 1.69. The van der Waals surface area contributed by atoms with Crippen molar-refractivity contribution in [2.45, 2.75) is 44.0 Å². The number of hydrogen-bond donors (Lipinski definition) is 2. The van der Waals surface area contributed by atoms with Crippen LogP contribution in [0.5, 0.6) is 5.75 Å². The number of nitrogens with zero attached hydrogens (tertiary/aromatic N) is 3. The van der Waals surface area contributed by atoms with Crippen molar-refractivity contribution >= 4 is 23.4 Å². The van der Waals surface area contributed by atoms with Crippen LogP contribution >= 0.6 is 0 Å². The lowest BCUT2D eigenvalue weighted by Gasteiger charge is -2.47. The minimum Gasteiger partial charge on any atom is -0.486 e. The lowest BCUT2D eigenvalue weighted by Crippen LogP contribution is -2.57. The zero-order chi connectivity index (χ0) is 23.8. The van der Waals surface area contributed by atoms with Crippen molar-refractivity contribution in [2.24, 2.45) is 0 Å². The number of rotatable bonds is 6. The van der Waals surface area contributed by atoms with Gasteiger partial charge in [-0.15, -0.1) is 0 Å². The van der Waals surface area contributed by atoms with Crippen molar-refractivity contribution in [3.63, 3.8) is 0 Å². The number of piperidine rings is 1. The van der Waals surface area contributed by atoms with E-state index in [0.29, 0.717) is 17.8 Å². The zero-order valence-electron chi connectivity index (χ0n) is 19.4. The van der Waals surface area contributed by atoms with Gasteiger partial charge in [-0.1, -0.05) is 6.07 Å². The molecule has 0 radical (unpaired) electrons. The lowest BCUT2D eigenvalue weighted by atomic mass is 9.88. The van der Waals surface area contributed by atoms with Crippen LogP contribution in [0.3, 0.4) is 0 Å². The van der Waals surface area contributed by atoms with E-state index in [0.717, 1.165) is 72.8 Å². The minimum atomic E-state index is -0.0505. The van der Waals surface area contributed by atoms with Crippen LogP contribution in [-0.4, -0.2) is 36.5 Å². The number of hydrogen-bond acceptors (Lipinski definition) is 7. The second kappa shape index (κ2) is 9.05. The number of aromatic nitrogens is 1. The summed E-state index contributed by atoms with van der Waals surface area (Å²) in [5.41, 5.74) is 5.56. The molecule has 3 atom stereocenters. The maximum Gasteiger partial charge on any atom is 0.130 e. The number of nitriles is 1. The van der Waals surface area contributed by atoms with Crippen LogP contribution in [0.1, 0.15) is 47.6 Å². The van der Waals surface area contributed by atoms with E-state index in [4.69, 9.17) is 14.9 Å². The number of fused-ring (bicyclic) bond motifs is 3. The first-order valence-electron chi connectivity index (χ1n) is 12.2. The molecule has 1 aliphatic carbocycles. The number of aryl methyl sites for hydroxylation is 1. The van der Waals surface area contributed by atoms with Crippen LogP contribution in [0.15, 0.2) is 54.7 Å². The van der Waals surface area contributed by atoms with E-state index in [-0.39, 0.29) is 6.10 Å². The molecule has 2 N–H and O–H groups in total. The van der Waals surface area contributed by atoms with Crippen molar-refractivity contribution in [1.82, 2.24) is 4.98 Å². The first-order valence-corrected chi connectivity index (χ1v) is 12.2. The average molecular weight is 466 g/mol. The minimum absolute atomic E-state index is 0.0505. The summed E-state index contributed by atoms with van der Waals surface area (Å²) in [6.07, 6.45) is 7.84. The predicted molar refractivity (Wildman–Crippen MR) is 135 cm³/mol. The average Bonchev–Trinajstić information content (AvgIpc) is 2.88. The van der Waals surface area contributed by atoms with E-state index >= 15 is 0 Å². The SMILES string of the molecule is N#Cc1ccc2c(c1)CCC[C@H]2Oc1ccc(C=N)c(Nc2ccnc(N3CC4CC(C3)O4)c2)c1. The maximum absolute atomic E-state index is 9.23. The molecule has 0 saturated carbocycles. The molecule has 2 bridgehead atoms. The summed E-state index contributed by atoms with van der Waals surface area (Å²) in [5, 5.41) is 20.6. The summed E-state index contributed by atoms with van der Waals surface area (Å²) in [6, 6.07) is 17.9. The number of anilines is 3. The molecule has 3 aromatic rings. The molecule has 35 heavy (non-hydrogen) atoms. The maximum atomic E-state index is 9.23. The van der Waals surface area contributed by atoms with E-state index in [9.17, 15) is 5.26 Å². The monoisotopic (exact) mass is 465 g/mol. The Hall–Kier alpha value is -3.89. The van der Waals surface area contributed by atoms with Crippen molar-refractivity contribution in [3.05, 3.63) is 77.0 Å². The summed E-state index contributed by atoms with van der Waals surface area (Å²) in [4.78, 5) is 6.85. The lowest BCUT2D eigenvalue weighted by molar-refractivity contribution is -0.133. The molecule has 7 heteroatoms. The van der Waals surface area contributed by atoms with Crippen LogP contribution in [0, 0.1) is 16.7 Å². The second-order valence-corrected chi connectivity index (χ2v) is 9.47. The first kappa shape index (κ1) is 21.6. The van der Waals surface area contributed by atoms with Crippen LogP contribution in [0.2, 0.25) is 0 Å². The number of nitrogens with one attached hydrogen (secondary N) is 2. The van der Waals surface area contributed by atoms with Gasteiger partial charge in [-0.25, -0.2) is 4.98 Å². The third-order valence-corrected chi connectivity index (χ3v) is 7.10. The summed E-state index contributed by atoms with van der Waals surface area (Å²) in [6.45, 7) is 1.75. The number of pyridine rings is 1. The third kappa shape index (κ3) is 4.33. The van der Waals surface area contributed by atoms with Crippen LogP contribution < -0.4 is 15.0 Å². The van der Waals surface area contributed by atoms with Gasteiger partial charge in [0.25, 0.3) is 0 Å². The quantitative estimate of drug-likeness (QED) is 0.490. The Bertz CT molecular complexity index is 1300. The molecular weight excluding hydrogens is 438 g/mol. The Morgan fingerprint density at radius 3 is 2.80 bits per heavy atom. The van der Waals surface area contributed by atoms with Crippen molar-refractivity contribution in [3.8, 4) is 11.8 Å². The molecular formula is C28H27N5O2. The van der Waals surface area contributed by atoms with Gasteiger partial charge in [-0.2, -0.15) is 5.26 Å². The van der Waals surface area contributed by atoms with Crippen LogP contribution in [0.4, 0.5) is 17.2 Å². The highest BCUT2D eigenvalue weighted by atomic mass is 16.5. The molecule has 1 aromatic heterocycles. The van der Waals surface area contributed by atoms with Gasteiger partial charge in [0.1, 0.15) is 17.7 Å². The van der Waals surface area contributed by atoms with Gasteiger partial charge in [0.05, 0.1) is 29.5 Å². The summed E-state index contributed by atoms with van der Waals surface area (Å²) >= 11 is 0. The fourth-order valence-electron chi connectivity index (χ4n) is 5.34. The van der Waals surface area contributed by atoms with Gasteiger partial charge in [0, 0.05) is 55.3 Å². The van der Waals surface area contributed by atoms with Crippen molar-refractivity contribution in [1.29, 1.82) is 10.7 Å². The normalized spacial score (nSPS) is 22.4. The molecule has 4 heterocycles. The fourth-order valence-corrected chi connectivity index (χ4v) is 5.34. The Morgan fingerprint density at radius 1 is 1.14 bits per heavy atom. The Balaban J connectivity index is 1.22.